The molecule has 118 valence electrons. The molecule has 1 heterocycles. The highest BCUT2D eigenvalue weighted by Crippen LogP contribution is 2.18. The van der Waals surface area contributed by atoms with Crippen LogP contribution in [0, 0.1) is 0 Å². The van der Waals surface area contributed by atoms with Gasteiger partial charge in [0, 0.05) is 51.8 Å². The number of nitrogens with one attached hydrogen (secondary N) is 1. The Balaban J connectivity index is 1.47. The summed E-state index contributed by atoms with van der Waals surface area (Å²) >= 11 is 0. The van der Waals surface area contributed by atoms with Gasteiger partial charge in [0.1, 0.15) is 11.5 Å². The zero-order chi connectivity index (χ0) is 14.8. The minimum Gasteiger partial charge on any atom is -0.497 e. The average Bonchev–Trinajstić information content (AvgIpc) is 2.55. The lowest BCUT2D eigenvalue weighted by Crippen LogP contribution is -2.44. The van der Waals surface area contributed by atoms with Crippen molar-refractivity contribution in [3.05, 3.63) is 24.3 Å². The lowest BCUT2D eigenvalue weighted by molar-refractivity contribution is 0.0901. The molecule has 1 aromatic carbocycles. The Kier molecular flexibility index (Phi) is 7.35. The zero-order valence-electron chi connectivity index (χ0n) is 12.8. The molecule has 0 spiro atoms. The van der Waals surface area contributed by atoms with Crippen LogP contribution in [-0.4, -0.2) is 64.6 Å². The van der Waals surface area contributed by atoms with Crippen LogP contribution in [-0.2, 0) is 4.74 Å². The molecule has 2 rings (SSSR count). The first kappa shape index (κ1) is 16.1. The third kappa shape index (κ3) is 6.33. The van der Waals surface area contributed by atoms with E-state index in [1.54, 1.807) is 7.11 Å². The fourth-order valence-corrected chi connectivity index (χ4v) is 2.27. The van der Waals surface area contributed by atoms with Crippen molar-refractivity contribution in [3.63, 3.8) is 0 Å². The molecule has 0 bridgehead atoms. The normalized spacial score (nSPS) is 15.9. The standard InChI is InChI=1S/C16H26N2O3/c1-19-15-4-2-5-16(14-15)21-12-3-11-20-13-10-18-8-6-17-7-9-18/h2,4-5,14,17H,3,6-13H2,1H3. The molecule has 1 aliphatic rings. The summed E-state index contributed by atoms with van der Waals surface area (Å²) in [6, 6.07) is 7.67. The molecule has 1 N–H and O–H groups in total. The van der Waals surface area contributed by atoms with Gasteiger partial charge in [0.25, 0.3) is 0 Å². The molecule has 21 heavy (non-hydrogen) atoms. The lowest BCUT2D eigenvalue weighted by atomic mass is 10.3. The van der Waals surface area contributed by atoms with E-state index in [-0.39, 0.29) is 0 Å². The van der Waals surface area contributed by atoms with Crippen LogP contribution in [0.3, 0.4) is 0 Å². The summed E-state index contributed by atoms with van der Waals surface area (Å²) < 4.78 is 16.5. The second-order valence-electron chi connectivity index (χ2n) is 5.09. The predicted molar refractivity (Wildman–Crippen MR) is 83.2 cm³/mol. The van der Waals surface area contributed by atoms with Gasteiger partial charge in [-0.3, -0.25) is 4.90 Å². The molecule has 1 aliphatic heterocycles. The maximum atomic E-state index is 5.67. The van der Waals surface area contributed by atoms with Gasteiger partial charge >= 0.3 is 0 Å². The van der Waals surface area contributed by atoms with Crippen molar-refractivity contribution in [1.29, 1.82) is 0 Å². The molecule has 1 aromatic rings. The maximum Gasteiger partial charge on any atom is 0.122 e. The summed E-state index contributed by atoms with van der Waals surface area (Å²) in [4.78, 5) is 2.43. The summed E-state index contributed by atoms with van der Waals surface area (Å²) in [5.41, 5.74) is 0. The second-order valence-corrected chi connectivity index (χ2v) is 5.09. The van der Waals surface area contributed by atoms with Gasteiger partial charge in [-0.15, -0.1) is 0 Å². The minimum atomic E-state index is 0.667. The topological polar surface area (TPSA) is 43.0 Å². The number of piperazine rings is 1. The van der Waals surface area contributed by atoms with Crippen LogP contribution in [0.4, 0.5) is 0 Å². The molecule has 0 unspecified atom stereocenters. The van der Waals surface area contributed by atoms with Crippen LogP contribution in [0.2, 0.25) is 0 Å². The smallest absolute Gasteiger partial charge is 0.122 e. The second kappa shape index (κ2) is 9.60. The fraction of sp³-hybridized carbons (Fsp3) is 0.625. The number of rotatable bonds is 9. The number of hydrogen-bond donors (Lipinski definition) is 1. The van der Waals surface area contributed by atoms with E-state index in [1.165, 1.54) is 0 Å². The van der Waals surface area contributed by atoms with Crippen molar-refractivity contribution >= 4 is 0 Å². The summed E-state index contributed by atoms with van der Waals surface area (Å²) in [7, 11) is 1.66. The highest BCUT2D eigenvalue weighted by molar-refractivity contribution is 5.32. The van der Waals surface area contributed by atoms with Gasteiger partial charge in [-0.2, -0.15) is 0 Å². The molecule has 0 aromatic heterocycles. The van der Waals surface area contributed by atoms with Gasteiger partial charge in [0.2, 0.25) is 0 Å². The minimum absolute atomic E-state index is 0.667. The van der Waals surface area contributed by atoms with E-state index in [2.05, 4.69) is 10.2 Å². The molecule has 0 aliphatic carbocycles. The van der Waals surface area contributed by atoms with E-state index >= 15 is 0 Å². The molecule has 0 amide bonds. The SMILES string of the molecule is COc1cccc(OCCCOCCN2CCNCC2)c1. The van der Waals surface area contributed by atoms with Gasteiger partial charge in [0.15, 0.2) is 0 Å². The Morgan fingerprint density at radius 3 is 2.71 bits per heavy atom. The van der Waals surface area contributed by atoms with Crippen LogP contribution >= 0.6 is 0 Å². The Morgan fingerprint density at radius 2 is 1.90 bits per heavy atom. The van der Waals surface area contributed by atoms with Crippen molar-refractivity contribution in [1.82, 2.24) is 10.2 Å². The van der Waals surface area contributed by atoms with Crippen molar-refractivity contribution in [2.24, 2.45) is 0 Å². The van der Waals surface area contributed by atoms with Gasteiger partial charge < -0.3 is 19.5 Å². The largest absolute Gasteiger partial charge is 0.497 e. The van der Waals surface area contributed by atoms with E-state index in [9.17, 15) is 0 Å². The molecule has 0 atom stereocenters. The third-order valence-electron chi connectivity index (χ3n) is 3.50. The average molecular weight is 294 g/mol. The summed E-state index contributed by atoms with van der Waals surface area (Å²) in [6.07, 6.45) is 0.902. The number of ether oxygens (including phenoxy) is 3. The van der Waals surface area contributed by atoms with E-state index in [1.807, 2.05) is 24.3 Å². The highest BCUT2D eigenvalue weighted by Gasteiger charge is 2.08. The first-order valence-corrected chi connectivity index (χ1v) is 7.66. The third-order valence-corrected chi connectivity index (χ3v) is 3.50. The van der Waals surface area contributed by atoms with Crippen molar-refractivity contribution in [2.75, 3.05) is 59.7 Å². The van der Waals surface area contributed by atoms with Crippen LogP contribution in [0.15, 0.2) is 24.3 Å². The summed E-state index contributed by atoms with van der Waals surface area (Å²) in [6.45, 7) is 7.68. The Morgan fingerprint density at radius 1 is 1.10 bits per heavy atom. The van der Waals surface area contributed by atoms with Crippen LogP contribution in [0.25, 0.3) is 0 Å². The highest BCUT2D eigenvalue weighted by atomic mass is 16.5. The Hall–Kier alpha value is -1.30. The first-order valence-electron chi connectivity index (χ1n) is 7.66. The molecule has 1 saturated heterocycles. The fourth-order valence-electron chi connectivity index (χ4n) is 2.27. The molecule has 5 nitrogen and oxygen atoms in total. The number of nitrogens with zero attached hydrogens (tertiary/aromatic N) is 1. The monoisotopic (exact) mass is 294 g/mol. The predicted octanol–water partition coefficient (Wildman–Crippen LogP) is 1.39. The molecular weight excluding hydrogens is 268 g/mol. The van der Waals surface area contributed by atoms with Crippen LogP contribution in [0.5, 0.6) is 11.5 Å². The van der Waals surface area contributed by atoms with Gasteiger partial charge in [0.05, 0.1) is 20.3 Å². The maximum absolute atomic E-state index is 5.67. The van der Waals surface area contributed by atoms with Gasteiger partial charge in [-0.1, -0.05) is 6.07 Å². The number of benzene rings is 1. The van der Waals surface area contributed by atoms with E-state index in [0.717, 1.165) is 63.9 Å². The number of hydrogen-bond acceptors (Lipinski definition) is 5. The van der Waals surface area contributed by atoms with E-state index in [0.29, 0.717) is 6.61 Å². The Bertz CT molecular complexity index is 395. The molecule has 5 heteroatoms. The summed E-state index contributed by atoms with van der Waals surface area (Å²) in [5, 5.41) is 3.35. The van der Waals surface area contributed by atoms with Gasteiger partial charge in [-0.05, 0) is 12.1 Å². The van der Waals surface area contributed by atoms with E-state index < -0.39 is 0 Å². The quantitative estimate of drug-likeness (QED) is 0.697. The molecule has 0 saturated carbocycles. The van der Waals surface area contributed by atoms with Crippen LogP contribution in [0.1, 0.15) is 6.42 Å². The lowest BCUT2D eigenvalue weighted by Gasteiger charge is -2.26. The van der Waals surface area contributed by atoms with Gasteiger partial charge in [-0.25, -0.2) is 0 Å². The zero-order valence-corrected chi connectivity index (χ0v) is 12.8. The number of methoxy groups -OCH3 is 1. The van der Waals surface area contributed by atoms with Crippen molar-refractivity contribution in [2.45, 2.75) is 6.42 Å². The van der Waals surface area contributed by atoms with Crippen molar-refractivity contribution < 1.29 is 14.2 Å². The molecule has 0 radical (unpaired) electrons. The molecular formula is C16H26N2O3. The van der Waals surface area contributed by atoms with Crippen molar-refractivity contribution in [3.8, 4) is 11.5 Å². The molecule has 1 fully saturated rings. The summed E-state index contributed by atoms with van der Waals surface area (Å²) in [5.74, 6) is 1.66. The van der Waals surface area contributed by atoms with Crippen LogP contribution < -0.4 is 14.8 Å². The Labute approximate surface area is 127 Å². The van der Waals surface area contributed by atoms with E-state index in [4.69, 9.17) is 14.2 Å². The first-order chi connectivity index (χ1) is 10.4.